The third-order valence-electron chi connectivity index (χ3n) is 4.61. The fourth-order valence-corrected chi connectivity index (χ4v) is 3.55. The van der Waals surface area contributed by atoms with Gasteiger partial charge in [0.2, 0.25) is 10.0 Å². The first-order valence-corrected chi connectivity index (χ1v) is 10.2. The molecule has 0 spiro atoms. The van der Waals surface area contributed by atoms with E-state index in [9.17, 15) is 30.4 Å². The predicted molar refractivity (Wildman–Crippen MR) is 90.3 cm³/mol. The lowest BCUT2D eigenvalue weighted by molar-refractivity contribution is -0.293. The Bertz CT molecular complexity index is 765. The van der Waals surface area contributed by atoms with Crippen LogP contribution in [0.1, 0.15) is 52.3 Å². The van der Waals surface area contributed by atoms with Gasteiger partial charge in [-0.2, -0.15) is 26.9 Å². The van der Waals surface area contributed by atoms with Crippen LogP contribution in [0.5, 0.6) is 0 Å². The summed E-state index contributed by atoms with van der Waals surface area (Å²) in [7, 11) is -3.44. The van der Waals surface area contributed by atoms with E-state index in [1.54, 1.807) is 20.8 Å². The average Bonchev–Trinajstić information content (AvgIpc) is 3.01. The highest BCUT2D eigenvalue weighted by Gasteiger charge is 2.62. The fourth-order valence-electron chi connectivity index (χ4n) is 2.67. The van der Waals surface area contributed by atoms with E-state index in [1.807, 2.05) is 0 Å². The van der Waals surface area contributed by atoms with E-state index in [-0.39, 0.29) is 18.5 Å². The zero-order valence-corrected chi connectivity index (χ0v) is 16.4. The largest absolute Gasteiger partial charge is 0.461 e. The number of anilines is 1. The molecule has 1 aliphatic carbocycles. The highest BCUT2D eigenvalue weighted by molar-refractivity contribution is 7.90. The second kappa shape index (κ2) is 7.73. The average molecular weight is 434 g/mol. The van der Waals surface area contributed by atoms with E-state index in [4.69, 9.17) is 0 Å². The molecule has 0 saturated heterocycles. The Morgan fingerprint density at radius 3 is 2.14 bits per heavy atom. The van der Waals surface area contributed by atoms with E-state index in [1.165, 1.54) is 0 Å². The molecule has 1 aromatic rings. The molecule has 7 nitrogen and oxygen atoms in total. The van der Waals surface area contributed by atoms with Crippen molar-refractivity contribution in [2.75, 3.05) is 11.9 Å². The molecular formula is C15H23F5N4O3S. The minimum absolute atomic E-state index is 0.1000. The summed E-state index contributed by atoms with van der Waals surface area (Å²) in [6, 6.07) is -0.751. The monoisotopic (exact) mass is 434 g/mol. The van der Waals surface area contributed by atoms with Crippen LogP contribution >= 0.6 is 0 Å². The van der Waals surface area contributed by atoms with Gasteiger partial charge in [-0.15, -0.1) is 0 Å². The van der Waals surface area contributed by atoms with E-state index >= 15 is 0 Å². The minimum atomic E-state index is -5.81. The van der Waals surface area contributed by atoms with Crippen LogP contribution in [-0.2, 0) is 15.9 Å². The lowest BCUT2D eigenvalue weighted by atomic mass is 9.86. The first-order chi connectivity index (χ1) is 12.6. The summed E-state index contributed by atoms with van der Waals surface area (Å²) in [5.74, 6) is -6.84. The normalized spacial score (nSPS) is 22.3. The Labute approximate surface area is 159 Å². The molecule has 13 heteroatoms. The summed E-state index contributed by atoms with van der Waals surface area (Å²) >= 11 is 0. The number of rotatable bonds is 6. The molecule has 2 N–H and O–H groups in total. The topological polar surface area (TPSA) is 97.1 Å². The third kappa shape index (κ3) is 5.10. The van der Waals surface area contributed by atoms with Crippen molar-refractivity contribution < 1.29 is 34.9 Å². The number of hydrogen-bond donors (Lipinski definition) is 2. The van der Waals surface area contributed by atoms with Crippen molar-refractivity contribution in [3.8, 4) is 0 Å². The standard InChI is InChI=1S/C15H23F5N4O3S/c1-13(2,3)28(25,26)21-8-9-4-6-10(7-5-9)22-12-23-11(24-27-12)14(16,17)15(18,19)20/h9-10,21H,4-8H2,1-3H3,(H,22,23,24). The van der Waals surface area contributed by atoms with E-state index in [0.29, 0.717) is 25.7 Å². The van der Waals surface area contributed by atoms with Gasteiger partial charge in [0.15, 0.2) is 0 Å². The molecule has 0 radical (unpaired) electrons. The Balaban J connectivity index is 1.85. The first-order valence-electron chi connectivity index (χ1n) is 8.68. The van der Waals surface area contributed by atoms with Crippen molar-refractivity contribution in [1.82, 2.24) is 14.9 Å². The summed E-state index contributed by atoms with van der Waals surface area (Å²) in [5, 5.41) is 5.38. The van der Waals surface area contributed by atoms with E-state index in [0.717, 1.165) is 0 Å². The number of halogens is 5. The van der Waals surface area contributed by atoms with Gasteiger partial charge in [-0.05, 0) is 52.4 Å². The smallest absolute Gasteiger partial charge is 0.335 e. The van der Waals surface area contributed by atoms with Gasteiger partial charge in [0.25, 0.3) is 5.82 Å². The van der Waals surface area contributed by atoms with Gasteiger partial charge in [0.05, 0.1) is 4.75 Å². The SMILES string of the molecule is CC(C)(C)S(=O)(=O)NCC1CCC(Nc2nc(C(F)(F)C(F)(F)F)no2)CC1. The lowest BCUT2D eigenvalue weighted by Crippen LogP contribution is -2.42. The van der Waals surface area contributed by atoms with Crippen LogP contribution in [0.15, 0.2) is 4.52 Å². The number of nitrogens with one attached hydrogen (secondary N) is 2. The second-order valence-corrected chi connectivity index (χ2v) is 10.3. The quantitative estimate of drug-likeness (QED) is 0.666. The van der Waals surface area contributed by atoms with Crippen LogP contribution < -0.4 is 10.0 Å². The van der Waals surface area contributed by atoms with Gasteiger partial charge in [-0.1, -0.05) is 5.16 Å². The van der Waals surface area contributed by atoms with Crippen LogP contribution in [0.2, 0.25) is 0 Å². The molecule has 1 heterocycles. The number of hydrogen-bond acceptors (Lipinski definition) is 6. The first kappa shape index (κ1) is 22.8. The van der Waals surface area contributed by atoms with Crippen LogP contribution in [0.3, 0.4) is 0 Å². The maximum atomic E-state index is 13.2. The van der Waals surface area contributed by atoms with Crippen LogP contribution in [0, 0.1) is 5.92 Å². The van der Waals surface area contributed by atoms with E-state index in [2.05, 4.69) is 24.7 Å². The minimum Gasteiger partial charge on any atom is -0.335 e. The fraction of sp³-hybridized carbons (Fsp3) is 0.867. The molecule has 1 aromatic heterocycles. The van der Waals surface area contributed by atoms with Crippen LogP contribution in [-0.4, -0.2) is 42.1 Å². The molecule has 0 atom stereocenters. The predicted octanol–water partition coefficient (Wildman–Crippen LogP) is 3.41. The maximum Gasteiger partial charge on any atom is 0.461 e. The summed E-state index contributed by atoms with van der Waals surface area (Å²) in [4.78, 5) is 3.11. The van der Waals surface area contributed by atoms with Crippen molar-refractivity contribution in [2.45, 2.75) is 69.3 Å². The summed E-state index contributed by atoms with van der Waals surface area (Å²) in [6.45, 7) is 5.07. The van der Waals surface area contributed by atoms with Gasteiger partial charge in [0, 0.05) is 12.6 Å². The van der Waals surface area contributed by atoms with Gasteiger partial charge in [-0.25, -0.2) is 13.1 Å². The zero-order chi connectivity index (χ0) is 21.4. The zero-order valence-electron chi connectivity index (χ0n) is 15.6. The lowest BCUT2D eigenvalue weighted by Gasteiger charge is -2.29. The molecule has 0 bridgehead atoms. The van der Waals surface area contributed by atoms with E-state index < -0.39 is 38.7 Å². The Kier molecular flexibility index (Phi) is 6.29. The molecule has 28 heavy (non-hydrogen) atoms. The van der Waals surface area contributed by atoms with Gasteiger partial charge >= 0.3 is 18.1 Å². The summed E-state index contributed by atoms with van der Waals surface area (Å²) in [6.07, 6.45) is -3.43. The maximum absolute atomic E-state index is 13.2. The molecule has 1 aliphatic rings. The number of alkyl halides is 5. The van der Waals surface area contributed by atoms with Crippen molar-refractivity contribution >= 4 is 16.0 Å². The summed E-state index contributed by atoms with van der Waals surface area (Å²) < 4.78 is 93.6. The Hall–Kier alpha value is -1.50. The van der Waals surface area contributed by atoms with Gasteiger partial charge in [-0.3, -0.25) is 0 Å². The number of nitrogens with zero attached hydrogens (tertiary/aromatic N) is 2. The van der Waals surface area contributed by atoms with Gasteiger partial charge < -0.3 is 9.84 Å². The third-order valence-corrected chi connectivity index (χ3v) is 6.76. The Morgan fingerprint density at radius 1 is 1.07 bits per heavy atom. The Morgan fingerprint density at radius 2 is 1.64 bits per heavy atom. The van der Waals surface area contributed by atoms with Crippen molar-refractivity contribution in [3.63, 3.8) is 0 Å². The molecule has 0 aromatic carbocycles. The molecule has 0 amide bonds. The molecule has 0 unspecified atom stereocenters. The van der Waals surface area contributed by atoms with Crippen LogP contribution in [0.25, 0.3) is 0 Å². The molecule has 1 saturated carbocycles. The van der Waals surface area contributed by atoms with Crippen molar-refractivity contribution in [1.29, 1.82) is 0 Å². The van der Waals surface area contributed by atoms with Crippen molar-refractivity contribution in [2.24, 2.45) is 5.92 Å². The molecular weight excluding hydrogens is 411 g/mol. The number of aromatic nitrogens is 2. The molecule has 162 valence electrons. The van der Waals surface area contributed by atoms with Crippen LogP contribution in [0.4, 0.5) is 28.0 Å². The highest BCUT2D eigenvalue weighted by atomic mass is 32.2. The molecule has 1 fully saturated rings. The van der Waals surface area contributed by atoms with Gasteiger partial charge in [0.1, 0.15) is 0 Å². The number of sulfonamides is 1. The van der Waals surface area contributed by atoms with Crippen molar-refractivity contribution in [3.05, 3.63) is 5.82 Å². The second-order valence-electron chi connectivity index (χ2n) is 7.82. The summed E-state index contributed by atoms with van der Waals surface area (Å²) in [5.41, 5.74) is 0. The highest BCUT2D eigenvalue weighted by Crippen LogP contribution is 2.42. The molecule has 2 rings (SSSR count). The molecule has 0 aliphatic heterocycles.